The number of hydrogen-bond donors (Lipinski definition) is 0. The number of hydrogen-bond acceptors (Lipinski definition) is 0. The van der Waals surface area contributed by atoms with Gasteiger partial charge in [-0.3, -0.25) is 0 Å². The van der Waals surface area contributed by atoms with Crippen LogP contribution in [-0.4, -0.2) is 10.4 Å². The molecule has 0 bridgehead atoms. The van der Waals surface area contributed by atoms with E-state index in [0.29, 0.717) is 15.9 Å². The predicted octanol–water partition coefficient (Wildman–Crippen LogP) is 4.89. The van der Waals surface area contributed by atoms with E-state index < -0.39 is 0 Å². The lowest BCUT2D eigenvalue weighted by Gasteiger charge is -2.08. The second kappa shape index (κ2) is 4.87. The molecule has 0 saturated carbocycles. The SMILES string of the molecule is Cc1cc2ccc(Cl)c(Cl)c2n1CCCCl. The van der Waals surface area contributed by atoms with Crippen molar-refractivity contribution in [3.8, 4) is 0 Å². The molecule has 0 aliphatic heterocycles. The first kappa shape index (κ1) is 12.1. The second-order valence-corrected chi connectivity index (χ2v) is 4.94. The molecular weight excluding hydrogens is 264 g/mol. The number of rotatable bonds is 3. The van der Waals surface area contributed by atoms with Gasteiger partial charge in [0.25, 0.3) is 0 Å². The van der Waals surface area contributed by atoms with Crippen LogP contribution in [0.1, 0.15) is 12.1 Å². The minimum atomic E-state index is 0.597. The molecule has 0 fully saturated rings. The van der Waals surface area contributed by atoms with Crippen LogP contribution in [0, 0.1) is 6.92 Å². The molecule has 0 radical (unpaired) electrons. The van der Waals surface area contributed by atoms with Crippen LogP contribution >= 0.6 is 34.8 Å². The van der Waals surface area contributed by atoms with Gasteiger partial charge in [0.05, 0.1) is 15.6 Å². The van der Waals surface area contributed by atoms with Crippen molar-refractivity contribution in [2.24, 2.45) is 0 Å². The first-order chi connectivity index (χ1) is 7.65. The molecule has 0 spiro atoms. The highest BCUT2D eigenvalue weighted by Crippen LogP contribution is 2.32. The van der Waals surface area contributed by atoms with Gasteiger partial charge in [-0.25, -0.2) is 0 Å². The number of aryl methyl sites for hydroxylation is 2. The third-order valence-electron chi connectivity index (χ3n) is 2.68. The van der Waals surface area contributed by atoms with Gasteiger partial charge in [-0.05, 0) is 25.5 Å². The van der Waals surface area contributed by atoms with Crippen LogP contribution in [0.2, 0.25) is 10.0 Å². The molecule has 0 atom stereocenters. The highest BCUT2D eigenvalue weighted by Gasteiger charge is 2.11. The molecule has 1 aromatic heterocycles. The highest BCUT2D eigenvalue weighted by atomic mass is 35.5. The third kappa shape index (κ3) is 2.04. The minimum absolute atomic E-state index is 0.597. The van der Waals surface area contributed by atoms with Crippen molar-refractivity contribution in [2.75, 3.05) is 5.88 Å². The summed E-state index contributed by atoms with van der Waals surface area (Å²) in [5.74, 6) is 0.650. The van der Waals surface area contributed by atoms with E-state index in [2.05, 4.69) is 17.6 Å². The van der Waals surface area contributed by atoms with Gasteiger partial charge in [-0.15, -0.1) is 11.6 Å². The van der Waals surface area contributed by atoms with Crippen LogP contribution < -0.4 is 0 Å². The average Bonchev–Trinajstić information content (AvgIpc) is 2.58. The van der Waals surface area contributed by atoms with E-state index in [1.807, 2.05) is 12.1 Å². The summed E-state index contributed by atoms with van der Waals surface area (Å²) in [4.78, 5) is 0. The molecule has 0 amide bonds. The van der Waals surface area contributed by atoms with Crippen molar-refractivity contribution < 1.29 is 0 Å². The standard InChI is InChI=1S/C12H12Cl3N/c1-8-7-9-3-4-10(14)11(15)12(9)16(8)6-2-5-13/h3-4,7H,2,5-6H2,1H3. The summed E-state index contributed by atoms with van der Waals surface area (Å²) in [5.41, 5.74) is 2.20. The Balaban J connectivity index is 2.61. The van der Waals surface area contributed by atoms with E-state index in [0.717, 1.165) is 23.9 Å². The number of halogens is 3. The maximum atomic E-state index is 6.24. The van der Waals surface area contributed by atoms with E-state index in [1.54, 1.807) is 0 Å². The quantitative estimate of drug-likeness (QED) is 0.704. The molecule has 0 unspecified atom stereocenters. The molecule has 2 aromatic rings. The number of alkyl halides is 1. The highest BCUT2D eigenvalue weighted by molar-refractivity contribution is 6.45. The van der Waals surface area contributed by atoms with Crippen LogP contribution in [0.5, 0.6) is 0 Å². The lowest BCUT2D eigenvalue weighted by Crippen LogP contribution is -2.00. The molecule has 86 valence electrons. The van der Waals surface area contributed by atoms with E-state index in [1.165, 1.54) is 5.69 Å². The van der Waals surface area contributed by atoms with E-state index in [-0.39, 0.29) is 0 Å². The zero-order valence-electron chi connectivity index (χ0n) is 8.93. The molecule has 1 nitrogen and oxygen atoms in total. The summed E-state index contributed by atoms with van der Waals surface area (Å²) in [6, 6.07) is 5.94. The Morgan fingerprint density at radius 1 is 1.25 bits per heavy atom. The summed E-state index contributed by atoms with van der Waals surface area (Å²) < 4.78 is 2.17. The van der Waals surface area contributed by atoms with Gasteiger partial charge in [0.15, 0.2) is 0 Å². The Kier molecular flexibility index (Phi) is 3.68. The van der Waals surface area contributed by atoms with Gasteiger partial charge >= 0.3 is 0 Å². The van der Waals surface area contributed by atoms with Crippen LogP contribution in [0.4, 0.5) is 0 Å². The first-order valence-electron chi connectivity index (χ1n) is 5.15. The van der Waals surface area contributed by atoms with E-state index >= 15 is 0 Å². The number of aromatic nitrogens is 1. The number of nitrogens with zero attached hydrogens (tertiary/aromatic N) is 1. The van der Waals surface area contributed by atoms with E-state index in [9.17, 15) is 0 Å². The summed E-state index contributed by atoms with van der Waals surface area (Å²) in [5, 5.41) is 2.35. The molecule has 0 aliphatic rings. The second-order valence-electron chi connectivity index (χ2n) is 3.78. The fourth-order valence-electron chi connectivity index (χ4n) is 1.93. The zero-order chi connectivity index (χ0) is 11.7. The number of benzene rings is 1. The van der Waals surface area contributed by atoms with Crippen LogP contribution in [0.15, 0.2) is 18.2 Å². The average molecular weight is 277 g/mol. The molecule has 1 heterocycles. The van der Waals surface area contributed by atoms with Crippen molar-refractivity contribution >= 4 is 45.7 Å². The first-order valence-corrected chi connectivity index (χ1v) is 6.44. The fourth-order valence-corrected chi connectivity index (χ4v) is 2.48. The van der Waals surface area contributed by atoms with Gasteiger partial charge in [-0.2, -0.15) is 0 Å². The van der Waals surface area contributed by atoms with Crippen LogP contribution in [-0.2, 0) is 6.54 Å². The normalized spacial score (nSPS) is 11.2. The molecule has 0 N–H and O–H groups in total. The third-order valence-corrected chi connectivity index (χ3v) is 3.74. The Morgan fingerprint density at radius 2 is 2.00 bits per heavy atom. The summed E-state index contributed by atoms with van der Waals surface area (Å²) >= 11 is 18.0. The number of fused-ring (bicyclic) bond motifs is 1. The van der Waals surface area contributed by atoms with Gasteiger partial charge in [0.1, 0.15) is 0 Å². The summed E-state index contributed by atoms with van der Waals surface area (Å²) in [6.45, 7) is 2.94. The van der Waals surface area contributed by atoms with Crippen molar-refractivity contribution in [3.63, 3.8) is 0 Å². The van der Waals surface area contributed by atoms with Gasteiger partial charge in [-0.1, -0.05) is 29.3 Å². The van der Waals surface area contributed by atoms with Crippen molar-refractivity contribution in [3.05, 3.63) is 33.9 Å². The lowest BCUT2D eigenvalue weighted by molar-refractivity contribution is 0.689. The molecule has 16 heavy (non-hydrogen) atoms. The van der Waals surface area contributed by atoms with Gasteiger partial charge in [0.2, 0.25) is 0 Å². The van der Waals surface area contributed by atoms with Crippen molar-refractivity contribution in [2.45, 2.75) is 19.9 Å². The Hall–Kier alpha value is -0.370. The Morgan fingerprint density at radius 3 is 2.69 bits per heavy atom. The molecular formula is C12H12Cl3N. The predicted molar refractivity (Wildman–Crippen MR) is 72.0 cm³/mol. The maximum absolute atomic E-state index is 6.24. The molecule has 1 aromatic carbocycles. The van der Waals surface area contributed by atoms with Crippen LogP contribution in [0.3, 0.4) is 0 Å². The lowest BCUT2D eigenvalue weighted by atomic mass is 10.2. The monoisotopic (exact) mass is 275 g/mol. The van der Waals surface area contributed by atoms with E-state index in [4.69, 9.17) is 34.8 Å². The molecule has 2 rings (SSSR count). The fraction of sp³-hybridized carbons (Fsp3) is 0.333. The molecule has 0 saturated heterocycles. The molecule has 0 aliphatic carbocycles. The maximum Gasteiger partial charge on any atom is 0.0835 e. The summed E-state index contributed by atoms with van der Waals surface area (Å²) in [6.07, 6.45) is 0.926. The summed E-state index contributed by atoms with van der Waals surface area (Å²) in [7, 11) is 0. The minimum Gasteiger partial charge on any atom is -0.344 e. The van der Waals surface area contributed by atoms with Gasteiger partial charge in [0, 0.05) is 23.5 Å². The van der Waals surface area contributed by atoms with Gasteiger partial charge < -0.3 is 4.57 Å². The Labute approximate surface area is 110 Å². The topological polar surface area (TPSA) is 4.93 Å². The van der Waals surface area contributed by atoms with Crippen LogP contribution in [0.25, 0.3) is 10.9 Å². The largest absolute Gasteiger partial charge is 0.344 e. The smallest absolute Gasteiger partial charge is 0.0835 e. The zero-order valence-corrected chi connectivity index (χ0v) is 11.2. The Bertz CT molecular complexity index is 516. The van der Waals surface area contributed by atoms with Crippen molar-refractivity contribution in [1.82, 2.24) is 4.57 Å². The van der Waals surface area contributed by atoms with Crippen molar-refractivity contribution in [1.29, 1.82) is 0 Å². The molecule has 4 heteroatoms.